The number of nitrogens with one attached hydrogen (secondary N) is 2. The van der Waals surface area contributed by atoms with E-state index in [-0.39, 0.29) is 17.4 Å². The molecule has 0 bridgehead atoms. The van der Waals surface area contributed by atoms with Gasteiger partial charge in [0.1, 0.15) is 4.70 Å². The van der Waals surface area contributed by atoms with Crippen molar-refractivity contribution in [2.45, 2.75) is 51.9 Å². The summed E-state index contributed by atoms with van der Waals surface area (Å²) in [5.74, 6) is 0.587. The van der Waals surface area contributed by atoms with Gasteiger partial charge in [0.15, 0.2) is 0 Å². The Labute approximate surface area is 204 Å². The first-order chi connectivity index (χ1) is 16.6. The number of piperidine rings is 1. The van der Waals surface area contributed by atoms with Crippen LogP contribution in [0.4, 0.5) is 5.95 Å². The lowest BCUT2D eigenvalue weighted by molar-refractivity contribution is -0.125. The molecule has 1 saturated heterocycles. The van der Waals surface area contributed by atoms with Gasteiger partial charge in [0.2, 0.25) is 11.9 Å². The fourth-order valence-corrected chi connectivity index (χ4v) is 5.92. The number of thiophene rings is 1. The molecular weight excluding hydrogens is 444 g/mol. The summed E-state index contributed by atoms with van der Waals surface area (Å²) >= 11 is 1.43. The van der Waals surface area contributed by atoms with Gasteiger partial charge in [-0.25, -0.2) is 4.98 Å². The van der Waals surface area contributed by atoms with Gasteiger partial charge in [-0.15, -0.1) is 11.3 Å². The Hall–Kier alpha value is -2.93. The number of aromatic nitrogens is 2. The molecule has 1 aliphatic heterocycles. The quantitative estimate of drug-likeness (QED) is 0.481. The van der Waals surface area contributed by atoms with Crippen molar-refractivity contribution in [1.29, 1.82) is 0 Å². The molecule has 0 spiro atoms. The van der Waals surface area contributed by atoms with Crippen molar-refractivity contribution in [3.05, 3.63) is 57.2 Å². The second-order valence-corrected chi connectivity index (χ2v) is 10.4. The van der Waals surface area contributed by atoms with Gasteiger partial charge in [-0.2, -0.15) is 0 Å². The lowest BCUT2D eigenvalue weighted by atomic mass is 9.96. The number of nitrogens with zero attached hydrogens (tertiary/aromatic N) is 2. The third-order valence-electron chi connectivity index (χ3n) is 7.00. The maximum Gasteiger partial charge on any atom is 0.270 e. The van der Waals surface area contributed by atoms with E-state index in [9.17, 15) is 9.59 Å². The molecule has 2 aliphatic rings. The first-order valence-electron chi connectivity index (χ1n) is 12.4. The van der Waals surface area contributed by atoms with Crippen LogP contribution in [0.2, 0.25) is 0 Å². The Morgan fingerprint density at radius 1 is 1.24 bits per heavy atom. The minimum Gasteiger partial charge on any atom is -0.355 e. The highest BCUT2D eigenvalue weighted by atomic mass is 32.1. The fraction of sp³-hybridized carbons (Fsp3) is 0.444. The molecule has 1 amide bonds. The van der Waals surface area contributed by atoms with Crippen LogP contribution in [0.1, 0.15) is 50.5 Å². The molecule has 3 heterocycles. The Balaban J connectivity index is 1.30. The second-order valence-electron chi connectivity index (χ2n) is 9.52. The molecule has 178 valence electrons. The molecule has 0 unspecified atom stereocenters. The van der Waals surface area contributed by atoms with Crippen molar-refractivity contribution in [1.82, 2.24) is 15.3 Å². The Morgan fingerprint density at radius 3 is 2.88 bits per heavy atom. The highest BCUT2D eigenvalue weighted by molar-refractivity contribution is 7.17. The largest absolute Gasteiger partial charge is 0.355 e. The Kier molecular flexibility index (Phi) is 6.81. The van der Waals surface area contributed by atoms with Crippen molar-refractivity contribution >= 4 is 33.4 Å². The van der Waals surface area contributed by atoms with Gasteiger partial charge in [-0.1, -0.05) is 41.5 Å². The monoisotopic (exact) mass is 476 g/mol. The van der Waals surface area contributed by atoms with Crippen molar-refractivity contribution in [3.63, 3.8) is 0 Å². The molecule has 34 heavy (non-hydrogen) atoms. The Morgan fingerprint density at radius 2 is 2.09 bits per heavy atom. The van der Waals surface area contributed by atoms with Crippen molar-refractivity contribution in [3.8, 4) is 11.1 Å². The maximum atomic E-state index is 12.9. The van der Waals surface area contributed by atoms with Gasteiger partial charge < -0.3 is 10.2 Å². The zero-order valence-electron chi connectivity index (χ0n) is 19.7. The fourth-order valence-electron chi connectivity index (χ4n) is 5.01. The minimum absolute atomic E-state index is 0.0888. The number of rotatable bonds is 6. The SMILES string of the molecule is Cc1ccc(-c2csc3c(=O)[nH]c(N4CCC[C@H](C(=O)NCCC5=CCCCC5)C4)nc23)cc1. The van der Waals surface area contributed by atoms with E-state index in [1.54, 1.807) is 0 Å². The highest BCUT2D eigenvalue weighted by Crippen LogP contribution is 2.32. The zero-order chi connectivity index (χ0) is 23.5. The van der Waals surface area contributed by atoms with Gasteiger partial charge in [0.25, 0.3) is 5.56 Å². The number of aryl methyl sites for hydroxylation is 1. The molecule has 2 N–H and O–H groups in total. The topological polar surface area (TPSA) is 78.1 Å². The summed E-state index contributed by atoms with van der Waals surface area (Å²) in [5.41, 5.74) is 5.34. The number of carbonyl (C=O) groups is 1. The van der Waals surface area contributed by atoms with Gasteiger partial charge >= 0.3 is 0 Å². The minimum atomic E-state index is -0.115. The third-order valence-corrected chi connectivity index (χ3v) is 7.97. The van der Waals surface area contributed by atoms with E-state index in [1.165, 1.54) is 48.2 Å². The number of hydrogen-bond donors (Lipinski definition) is 2. The molecule has 0 saturated carbocycles. The van der Waals surface area contributed by atoms with Crippen LogP contribution in [-0.4, -0.2) is 35.5 Å². The molecule has 6 nitrogen and oxygen atoms in total. The van der Waals surface area contributed by atoms with Gasteiger partial charge in [-0.3, -0.25) is 14.6 Å². The van der Waals surface area contributed by atoms with Gasteiger partial charge in [0, 0.05) is 30.6 Å². The number of aromatic amines is 1. The summed E-state index contributed by atoms with van der Waals surface area (Å²) in [6.07, 6.45) is 9.95. The molecule has 2 aromatic heterocycles. The number of carbonyl (C=O) groups excluding carboxylic acids is 1. The molecule has 1 aromatic carbocycles. The van der Waals surface area contributed by atoms with Crippen LogP contribution in [-0.2, 0) is 4.79 Å². The van der Waals surface area contributed by atoms with E-state index in [2.05, 4.69) is 52.5 Å². The average molecular weight is 477 g/mol. The van der Waals surface area contributed by atoms with Gasteiger partial charge in [0.05, 0.1) is 11.4 Å². The summed E-state index contributed by atoms with van der Waals surface area (Å²) in [7, 11) is 0. The zero-order valence-corrected chi connectivity index (χ0v) is 20.5. The van der Waals surface area contributed by atoms with Crippen LogP contribution in [0.15, 0.2) is 46.1 Å². The normalized spacial score (nSPS) is 18.7. The molecule has 7 heteroatoms. The summed E-state index contributed by atoms with van der Waals surface area (Å²) in [6, 6.07) is 8.30. The van der Waals surface area contributed by atoms with E-state index in [4.69, 9.17) is 4.98 Å². The van der Waals surface area contributed by atoms with Crippen LogP contribution >= 0.6 is 11.3 Å². The predicted octanol–water partition coefficient (Wildman–Crippen LogP) is 5.18. The molecule has 3 aromatic rings. The standard InChI is InChI=1S/C27H32N4O2S/c1-18-9-11-20(12-10-18)22-17-34-24-23(22)29-27(30-26(24)33)31-15-5-8-21(16-31)25(32)28-14-13-19-6-3-2-4-7-19/h6,9-12,17,21H,2-5,7-8,13-16H2,1H3,(H,28,32)(H,29,30,33)/t21-/m0/s1. The van der Waals surface area contributed by atoms with Crippen molar-refractivity contribution < 1.29 is 4.79 Å². The lowest BCUT2D eigenvalue weighted by Crippen LogP contribution is -2.44. The summed E-state index contributed by atoms with van der Waals surface area (Å²) in [4.78, 5) is 35.6. The predicted molar refractivity (Wildman–Crippen MR) is 140 cm³/mol. The Bertz CT molecular complexity index is 1260. The molecule has 1 aliphatic carbocycles. The summed E-state index contributed by atoms with van der Waals surface area (Å²) in [6.45, 7) is 4.13. The summed E-state index contributed by atoms with van der Waals surface area (Å²) in [5, 5.41) is 5.16. The average Bonchev–Trinajstić information content (AvgIpc) is 3.30. The number of amides is 1. The van der Waals surface area contributed by atoms with E-state index in [0.29, 0.717) is 23.7 Å². The molecule has 1 atom stereocenters. The van der Waals surface area contributed by atoms with E-state index in [1.807, 2.05) is 5.38 Å². The van der Waals surface area contributed by atoms with E-state index >= 15 is 0 Å². The molecule has 1 fully saturated rings. The first-order valence-corrected chi connectivity index (χ1v) is 13.3. The van der Waals surface area contributed by atoms with Crippen LogP contribution in [0.25, 0.3) is 21.3 Å². The smallest absolute Gasteiger partial charge is 0.270 e. The molecular formula is C27H32N4O2S. The molecule has 5 rings (SSSR count). The second kappa shape index (κ2) is 10.1. The number of fused-ring (bicyclic) bond motifs is 1. The van der Waals surface area contributed by atoms with Crippen molar-refractivity contribution in [2.75, 3.05) is 24.5 Å². The first kappa shape index (κ1) is 22.8. The summed E-state index contributed by atoms with van der Waals surface area (Å²) < 4.78 is 0.641. The third kappa shape index (κ3) is 4.94. The van der Waals surface area contributed by atoms with E-state index < -0.39 is 0 Å². The molecule has 0 radical (unpaired) electrons. The number of benzene rings is 1. The van der Waals surface area contributed by atoms with Crippen LogP contribution < -0.4 is 15.8 Å². The van der Waals surface area contributed by atoms with Crippen molar-refractivity contribution in [2.24, 2.45) is 5.92 Å². The lowest BCUT2D eigenvalue weighted by Gasteiger charge is -2.32. The van der Waals surface area contributed by atoms with Crippen LogP contribution in [0.5, 0.6) is 0 Å². The number of anilines is 1. The highest BCUT2D eigenvalue weighted by Gasteiger charge is 2.27. The van der Waals surface area contributed by atoms with Crippen LogP contribution in [0, 0.1) is 12.8 Å². The maximum absolute atomic E-state index is 12.9. The van der Waals surface area contributed by atoms with E-state index in [0.717, 1.165) is 42.5 Å². The number of H-pyrrole nitrogens is 1. The van der Waals surface area contributed by atoms with Crippen LogP contribution in [0.3, 0.4) is 0 Å². The number of allylic oxidation sites excluding steroid dienone is 1. The van der Waals surface area contributed by atoms with Gasteiger partial charge in [-0.05, 0) is 57.4 Å². The number of hydrogen-bond acceptors (Lipinski definition) is 5.